The minimum absolute atomic E-state index is 0.138. The van der Waals surface area contributed by atoms with Crippen molar-refractivity contribution in [3.63, 3.8) is 0 Å². The van der Waals surface area contributed by atoms with E-state index in [9.17, 15) is 0 Å². The summed E-state index contributed by atoms with van der Waals surface area (Å²) in [6.07, 6.45) is 4.15. The number of hydrogen-bond acceptors (Lipinski definition) is 1. The van der Waals surface area contributed by atoms with Crippen LogP contribution in [0.2, 0.25) is 0 Å². The molecule has 3 heterocycles. The Kier molecular flexibility index (Phi) is 4.96. The standard InChI is InChI=1S/C31H39N2O/c1-18-13-21-14-20(16-30(3,4)5)15-24-26(21)25(19(18)2)28-29(34-24)22(17-31(6,7)8)27-23(33(28)10)11-12-32(27)9/h11-15H,16-17H2,1-10H3/q+1. The van der Waals surface area contributed by atoms with Gasteiger partial charge < -0.3 is 8.98 Å². The first-order chi connectivity index (χ1) is 15.7. The molecule has 3 nitrogen and oxygen atoms in total. The fourth-order valence-electron chi connectivity index (χ4n) is 5.77. The van der Waals surface area contributed by atoms with E-state index in [4.69, 9.17) is 4.42 Å². The van der Waals surface area contributed by atoms with Crippen LogP contribution in [0.15, 0.2) is 34.9 Å². The Morgan fingerprint density at radius 1 is 0.912 bits per heavy atom. The van der Waals surface area contributed by atoms with Crippen molar-refractivity contribution in [1.82, 2.24) is 4.57 Å². The molecule has 0 amide bonds. The fraction of sp³-hybridized carbons (Fsp3) is 0.452. The van der Waals surface area contributed by atoms with Crippen LogP contribution in [0.1, 0.15) is 63.8 Å². The maximum atomic E-state index is 6.96. The Morgan fingerprint density at radius 3 is 2.24 bits per heavy atom. The molecular formula is C31H39N2O+. The molecule has 0 bridgehead atoms. The number of aromatic nitrogens is 2. The number of hydrogen-bond donors (Lipinski definition) is 0. The van der Waals surface area contributed by atoms with Crippen molar-refractivity contribution in [2.75, 3.05) is 0 Å². The summed E-state index contributed by atoms with van der Waals surface area (Å²) in [4.78, 5) is 0. The van der Waals surface area contributed by atoms with Crippen LogP contribution in [0, 0.1) is 24.7 Å². The van der Waals surface area contributed by atoms with Crippen LogP contribution in [-0.2, 0) is 26.9 Å². The number of nitrogens with zero attached hydrogens (tertiary/aromatic N) is 2. The smallest absolute Gasteiger partial charge is 0.236 e. The van der Waals surface area contributed by atoms with Gasteiger partial charge in [-0.3, -0.25) is 0 Å². The molecule has 5 aromatic rings. The Balaban J connectivity index is 2.05. The minimum atomic E-state index is 0.138. The zero-order chi connectivity index (χ0) is 24.7. The van der Waals surface area contributed by atoms with Crippen LogP contribution in [-0.4, -0.2) is 4.57 Å². The highest BCUT2D eigenvalue weighted by molar-refractivity contribution is 6.20. The Morgan fingerprint density at radius 2 is 1.59 bits per heavy atom. The molecule has 3 aromatic heterocycles. The van der Waals surface area contributed by atoms with Gasteiger partial charge in [-0.2, -0.15) is 4.57 Å². The average molecular weight is 456 g/mol. The number of fused-ring (bicyclic) bond motifs is 3. The van der Waals surface area contributed by atoms with Crippen LogP contribution in [0.3, 0.4) is 0 Å². The van der Waals surface area contributed by atoms with Gasteiger partial charge in [0.2, 0.25) is 5.52 Å². The van der Waals surface area contributed by atoms with Crippen molar-refractivity contribution in [3.05, 3.63) is 52.7 Å². The van der Waals surface area contributed by atoms with Gasteiger partial charge in [0.05, 0.1) is 11.1 Å². The lowest BCUT2D eigenvalue weighted by Crippen LogP contribution is -2.27. The molecule has 2 aromatic carbocycles. The van der Waals surface area contributed by atoms with E-state index in [1.54, 1.807) is 0 Å². The highest BCUT2D eigenvalue weighted by atomic mass is 16.3. The van der Waals surface area contributed by atoms with Gasteiger partial charge in [-0.05, 0) is 65.7 Å². The lowest BCUT2D eigenvalue weighted by atomic mass is 9.85. The van der Waals surface area contributed by atoms with Gasteiger partial charge in [0, 0.05) is 23.9 Å². The van der Waals surface area contributed by atoms with Crippen molar-refractivity contribution < 1.29 is 8.98 Å². The maximum Gasteiger partial charge on any atom is 0.236 e. The highest BCUT2D eigenvalue weighted by Gasteiger charge is 2.28. The van der Waals surface area contributed by atoms with Gasteiger partial charge in [-0.15, -0.1) is 0 Å². The van der Waals surface area contributed by atoms with E-state index >= 15 is 0 Å². The van der Waals surface area contributed by atoms with E-state index in [0.29, 0.717) is 0 Å². The van der Waals surface area contributed by atoms with E-state index < -0.39 is 0 Å². The molecule has 0 spiro atoms. The Labute approximate surface area is 203 Å². The molecule has 0 saturated carbocycles. The molecule has 0 N–H and O–H groups in total. The molecular weight excluding hydrogens is 416 g/mol. The predicted octanol–water partition coefficient (Wildman–Crippen LogP) is 7.85. The monoisotopic (exact) mass is 455 g/mol. The highest BCUT2D eigenvalue weighted by Crippen LogP contribution is 2.42. The summed E-state index contributed by atoms with van der Waals surface area (Å²) < 4.78 is 11.6. The molecule has 0 unspecified atom stereocenters. The normalized spacial score (nSPS) is 13.2. The molecule has 5 rings (SSSR count). The second kappa shape index (κ2) is 7.34. The zero-order valence-corrected chi connectivity index (χ0v) is 22.6. The summed E-state index contributed by atoms with van der Waals surface area (Å²) in [5.74, 6) is 0. The predicted molar refractivity (Wildman–Crippen MR) is 145 cm³/mol. The van der Waals surface area contributed by atoms with Crippen LogP contribution in [0.5, 0.6) is 0 Å². The third-order valence-electron chi connectivity index (χ3n) is 7.19. The van der Waals surface area contributed by atoms with Gasteiger partial charge in [0.1, 0.15) is 18.1 Å². The first kappa shape index (κ1) is 23.0. The number of rotatable bonds is 2. The minimum Gasteiger partial charge on any atom is -0.454 e. The lowest BCUT2D eigenvalue weighted by Gasteiger charge is -2.23. The van der Waals surface area contributed by atoms with Crippen LogP contribution < -0.4 is 4.57 Å². The molecule has 3 heteroatoms. The Bertz CT molecular complexity index is 1600. The number of benzene rings is 2. The number of pyridine rings is 1. The van der Waals surface area contributed by atoms with E-state index in [-0.39, 0.29) is 10.8 Å². The third-order valence-corrected chi connectivity index (χ3v) is 7.19. The third kappa shape index (κ3) is 3.61. The molecule has 0 atom stereocenters. The lowest BCUT2D eigenvalue weighted by molar-refractivity contribution is -0.642. The quantitative estimate of drug-likeness (QED) is 0.151. The summed E-state index contributed by atoms with van der Waals surface area (Å²) in [5.41, 5.74) is 11.5. The molecule has 34 heavy (non-hydrogen) atoms. The average Bonchev–Trinajstić information content (AvgIpc) is 3.08. The second-order valence-corrected chi connectivity index (χ2v) is 12.8. The van der Waals surface area contributed by atoms with E-state index in [1.165, 1.54) is 55.0 Å². The molecule has 0 radical (unpaired) electrons. The molecule has 0 aliphatic heterocycles. The molecule has 0 aliphatic rings. The van der Waals surface area contributed by atoms with Crippen molar-refractivity contribution in [2.45, 2.75) is 68.2 Å². The van der Waals surface area contributed by atoms with E-state index in [0.717, 1.165) is 24.0 Å². The van der Waals surface area contributed by atoms with E-state index in [2.05, 4.69) is 109 Å². The SMILES string of the molecule is Cc1cc2cc(CC(C)(C)C)cc3oc4c(CC(C)(C)C)c5c(cc[n+]5C)n(C)c4c(c1C)c23. The van der Waals surface area contributed by atoms with Crippen molar-refractivity contribution >= 4 is 43.9 Å². The largest absolute Gasteiger partial charge is 0.454 e. The fourth-order valence-corrected chi connectivity index (χ4v) is 5.77. The van der Waals surface area contributed by atoms with Gasteiger partial charge in [-0.25, -0.2) is 0 Å². The molecule has 0 saturated heterocycles. The van der Waals surface area contributed by atoms with Crippen LogP contribution in [0.4, 0.5) is 0 Å². The zero-order valence-electron chi connectivity index (χ0n) is 22.6. The van der Waals surface area contributed by atoms with Crippen LogP contribution in [0.25, 0.3) is 43.9 Å². The summed E-state index contributed by atoms with van der Waals surface area (Å²) in [5, 5.41) is 3.86. The van der Waals surface area contributed by atoms with Crippen molar-refractivity contribution in [2.24, 2.45) is 24.9 Å². The Hall–Kier alpha value is -2.81. The molecule has 0 aliphatic carbocycles. The molecule has 178 valence electrons. The summed E-state index contributed by atoms with van der Waals surface area (Å²) >= 11 is 0. The second-order valence-electron chi connectivity index (χ2n) is 12.8. The van der Waals surface area contributed by atoms with Crippen LogP contribution >= 0.6 is 0 Å². The molecule has 0 fully saturated rings. The van der Waals surface area contributed by atoms with Crippen molar-refractivity contribution in [3.8, 4) is 0 Å². The summed E-state index contributed by atoms with van der Waals surface area (Å²) in [7, 11) is 4.34. The first-order valence-electron chi connectivity index (χ1n) is 12.5. The van der Waals surface area contributed by atoms with Gasteiger partial charge in [0.25, 0.3) is 0 Å². The van der Waals surface area contributed by atoms with Gasteiger partial charge in [0.15, 0.2) is 11.8 Å². The topological polar surface area (TPSA) is 21.9 Å². The summed E-state index contributed by atoms with van der Waals surface area (Å²) in [6, 6.07) is 9.26. The van der Waals surface area contributed by atoms with Gasteiger partial charge in [-0.1, -0.05) is 53.7 Å². The summed E-state index contributed by atoms with van der Waals surface area (Å²) in [6.45, 7) is 18.4. The van der Waals surface area contributed by atoms with E-state index in [1.807, 2.05) is 0 Å². The van der Waals surface area contributed by atoms with Crippen molar-refractivity contribution in [1.29, 1.82) is 0 Å². The number of aryl methyl sites for hydroxylation is 4. The van der Waals surface area contributed by atoms with Gasteiger partial charge >= 0.3 is 0 Å². The first-order valence-corrected chi connectivity index (χ1v) is 12.5. The maximum absolute atomic E-state index is 6.96.